The van der Waals surface area contributed by atoms with Gasteiger partial charge in [0.15, 0.2) is 0 Å². The van der Waals surface area contributed by atoms with Crippen LogP contribution in [0.25, 0.3) is 16.5 Å². The minimum atomic E-state index is 0.0444. The fourth-order valence-electron chi connectivity index (χ4n) is 4.09. The van der Waals surface area contributed by atoms with Crippen molar-refractivity contribution in [3.63, 3.8) is 0 Å². The molecule has 0 atom stereocenters. The first kappa shape index (κ1) is 22.5. The molecule has 5 rings (SSSR count). The van der Waals surface area contributed by atoms with Crippen molar-refractivity contribution < 1.29 is 4.74 Å². The first-order valence-electron chi connectivity index (χ1n) is 11.5. The second kappa shape index (κ2) is 10.3. The highest BCUT2D eigenvalue weighted by molar-refractivity contribution is 5.86. The molecule has 0 radical (unpaired) electrons. The van der Waals surface area contributed by atoms with Crippen LogP contribution in [0, 0.1) is 17.9 Å². The van der Waals surface area contributed by atoms with E-state index in [0.717, 1.165) is 28.2 Å². The van der Waals surface area contributed by atoms with Gasteiger partial charge in [-0.2, -0.15) is 0 Å². The highest BCUT2D eigenvalue weighted by atomic mass is 16.5. The molecule has 1 heterocycles. The Morgan fingerprint density at radius 2 is 1.33 bits per heavy atom. The van der Waals surface area contributed by atoms with E-state index in [0.29, 0.717) is 17.1 Å². The SMILES string of the molecule is [C-]#[N+]C(C#N)=C1C=C(C=Cc2ccc(N(c3ccccc3)c3ccccc3)cc2)Oc2ccccc21. The zero-order chi connectivity index (χ0) is 24.7. The minimum absolute atomic E-state index is 0.0444. The first-order valence-corrected chi connectivity index (χ1v) is 11.5. The molecule has 4 nitrogen and oxygen atoms in total. The van der Waals surface area contributed by atoms with Crippen LogP contribution in [0.2, 0.25) is 0 Å². The van der Waals surface area contributed by atoms with Crippen molar-refractivity contribution in [1.29, 1.82) is 5.26 Å². The molecule has 0 unspecified atom stereocenters. The lowest BCUT2D eigenvalue weighted by Crippen LogP contribution is -2.09. The normalized spacial score (nSPS) is 13.6. The summed E-state index contributed by atoms with van der Waals surface area (Å²) < 4.78 is 6.02. The van der Waals surface area contributed by atoms with Gasteiger partial charge in [0.1, 0.15) is 11.5 Å². The standard InChI is InChI=1S/C32H21N3O/c1-34-31(23-33)30-22-28(36-32-15-9-8-14-29(30)32)21-18-24-16-19-27(20-17-24)35(25-10-4-2-5-11-25)26-12-6-3-7-13-26/h2-22H. The third kappa shape index (κ3) is 4.66. The number of rotatable bonds is 5. The number of fused-ring (bicyclic) bond motifs is 1. The molecular weight excluding hydrogens is 442 g/mol. The van der Waals surface area contributed by atoms with Gasteiger partial charge in [-0.3, -0.25) is 0 Å². The molecule has 0 aromatic heterocycles. The summed E-state index contributed by atoms with van der Waals surface area (Å²) in [6.45, 7) is 7.37. The summed E-state index contributed by atoms with van der Waals surface area (Å²) in [5, 5.41) is 9.42. The molecule has 0 aliphatic carbocycles. The van der Waals surface area contributed by atoms with Crippen molar-refractivity contribution in [2.75, 3.05) is 4.90 Å². The number of anilines is 3. The molecule has 1 aliphatic heterocycles. The molecule has 0 amide bonds. The van der Waals surface area contributed by atoms with E-state index in [1.165, 1.54) is 0 Å². The Labute approximate surface area is 210 Å². The van der Waals surface area contributed by atoms with E-state index in [9.17, 15) is 5.26 Å². The van der Waals surface area contributed by atoms with Crippen molar-refractivity contribution in [2.45, 2.75) is 0 Å². The quantitative estimate of drug-likeness (QED) is 0.221. The van der Waals surface area contributed by atoms with Crippen LogP contribution in [-0.2, 0) is 0 Å². The van der Waals surface area contributed by atoms with Crippen LogP contribution in [0.1, 0.15) is 11.1 Å². The Hall–Kier alpha value is -5.32. The Morgan fingerprint density at radius 3 is 1.94 bits per heavy atom. The van der Waals surface area contributed by atoms with E-state index in [1.54, 1.807) is 6.08 Å². The molecule has 4 heteroatoms. The van der Waals surface area contributed by atoms with Crippen LogP contribution in [-0.4, -0.2) is 0 Å². The zero-order valence-electron chi connectivity index (χ0n) is 19.4. The molecule has 0 fully saturated rings. The van der Waals surface area contributed by atoms with Gasteiger partial charge in [0.05, 0.1) is 12.6 Å². The van der Waals surface area contributed by atoms with Crippen LogP contribution in [0.4, 0.5) is 17.1 Å². The molecule has 4 aromatic rings. The number of benzene rings is 4. The number of hydrogen-bond acceptors (Lipinski definition) is 3. The van der Waals surface area contributed by atoms with Crippen LogP contribution < -0.4 is 9.64 Å². The predicted molar refractivity (Wildman–Crippen MR) is 144 cm³/mol. The molecular formula is C32H21N3O. The Bertz CT molecular complexity index is 1500. The number of ether oxygens (including phenoxy) is 1. The van der Waals surface area contributed by atoms with E-state index in [-0.39, 0.29) is 5.70 Å². The summed E-state index contributed by atoms with van der Waals surface area (Å²) in [5.74, 6) is 1.20. The first-order chi connectivity index (χ1) is 17.8. The van der Waals surface area contributed by atoms with E-state index < -0.39 is 0 Å². The van der Waals surface area contributed by atoms with Crippen molar-refractivity contribution in [2.24, 2.45) is 0 Å². The van der Waals surface area contributed by atoms with Gasteiger partial charge in [0.2, 0.25) is 0 Å². The Balaban J connectivity index is 1.44. The van der Waals surface area contributed by atoms with Gasteiger partial charge < -0.3 is 9.64 Å². The number of nitriles is 1. The highest BCUT2D eigenvalue weighted by Gasteiger charge is 2.18. The zero-order valence-corrected chi connectivity index (χ0v) is 19.4. The van der Waals surface area contributed by atoms with E-state index in [2.05, 4.69) is 58.3 Å². The maximum absolute atomic E-state index is 9.42. The lowest BCUT2D eigenvalue weighted by Gasteiger charge is -2.25. The maximum atomic E-state index is 9.42. The van der Waals surface area contributed by atoms with Crippen molar-refractivity contribution in [1.82, 2.24) is 0 Å². The summed E-state index contributed by atoms with van der Waals surface area (Å²) in [6, 6.07) is 38.2. The molecule has 0 spiro atoms. The molecule has 0 N–H and O–H groups in total. The Morgan fingerprint density at radius 1 is 0.750 bits per heavy atom. The van der Waals surface area contributed by atoms with Gasteiger partial charge in [-0.1, -0.05) is 72.8 Å². The highest BCUT2D eigenvalue weighted by Crippen LogP contribution is 2.37. The molecule has 0 saturated carbocycles. The van der Waals surface area contributed by atoms with Crippen LogP contribution in [0.5, 0.6) is 5.75 Å². The summed E-state index contributed by atoms with van der Waals surface area (Å²) in [4.78, 5) is 5.61. The molecule has 0 saturated heterocycles. The molecule has 36 heavy (non-hydrogen) atoms. The van der Waals surface area contributed by atoms with Gasteiger partial charge >= 0.3 is 0 Å². The minimum Gasteiger partial charge on any atom is -0.457 e. The van der Waals surface area contributed by atoms with Gasteiger partial charge in [-0.05, 0) is 60.2 Å². The van der Waals surface area contributed by atoms with Crippen molar-refractivity contribution >= 4 is 28.7 Å². The van der Waals surface area contributed by atoms with Crippen LogP contribution >= 0.6 is 0 Å². The third-order valence-electron chi connectivity index (χ3n) is 5.78. The van der Waals surface area contributed by atoms with Gasteiger partial charge in [0, 0.05) is 28.2 Å². The van der Waals surface area contributed by atoms with Crippen molar-refractivity contribution in [3.05, 3.63) is 155 Å². The lowest BCUT2D eigenvalue weighted by molar-refractivity contribution is 0.439. The maximum Gasteiger partial charge on any atom is 0.269 e. The number of para-hydroxylation sites is 3. The second-order valence-corrected chi connectivity index (χ2v) is 8.06. The van der Waals surface area contributed by atoms with Crippen molar-refractivity contribution in [3.8, 4) is 11.8 Å². The summed E-state index contributed by atoms with van der Waals surface area (Å²) in [7, 11) is 0. The predicted octanol–water partition coefficient (Wildman–Crippen LogP) is 8.30. The van der Waals surface area contributed by atoms with E-state index in [4.69, 9.17) is 11.3 Å². The monoisotopic (exact) mass is 463 g/mol. The molecule has 170 valence electrons. The third-order valence-corrected chi connectivity index (χ3v) is 5.78. The average Bonchev–Trinajstić information content (AvgIpc) is 2.94. The van der Waals surface area contributed by atoms with Gasteiger partial charge in [-0.15, -0.1) is 0 Å². The Kier molecular flexibility index (Phi) is 6.43. The molecule has 0 bridgehead atoms. The molecule has 4 aromatic carbocycles. The molecule has 1 aliphatic rings. The van der Waals surface area contributed by atoms with Gasteiger partial charge in [0.25, 0.3) is 5.70 Å². The number of hydrogen-bond donors (Lipinski definition) is 0. The van der Waals surface area contributed by atoms with E-state index in [1.807, 2.05) is 78.9 Å². The summed E-state index contributed by atoms with van der Waals surface area (Å²) in [6.07, 6.45) is 5.56. The summed E-state index contributed by atoms with van der Waals surface area (Å²) in [5.41, 5.74) is 5.58. The number of allylic oxidation sites excluding steroid dienone is 4. The largest absolute Gasteiger partial charge is 0.457 e. The fourth-order valence-corrected chi connectivity index (χ4v) is 4.09. The fraction of sp³-hybridized carbons (Fsp3) is 0. The summed E-state index contributed by atoms with van der Waals surface area (Å²) >= 11 is 0. The van der Waals surface area contributed by atoms with E-state index >= 15 is 0 Å². The average molecular weight is 464 g/mol. The lowest BCUT2D eigenvalue weighted by atomic mass is 9.99. The smallest absolute Gasteiger partial charge is 0.269 e. The topological polar surface area (TPSA) is 40.6 Å². The van der Waals surface area contributed by atoms with Crippen LogP contribution in [0.3, 0.4) is 0 Å². The van der Waals surface area contributed by atoms with Gasteiger partial charge in [-0.25, -0.2) is 10.1 Å². The second-order valence-electron chi connectivity index (χ2n) is 8.06. The number of nitrogens with zero attached hydrogens (tertiary/aromatic N) is 3. The van der Waals surface area contributed by atoms with Crippen LogP contribution in [0.15, 0.2) is 133 Å².